The Kier molecular flexibility index (Phi) is 3.25. The molecule has 5 nitrogen and oxygen atoms in total. The van der Waals surface area contributed by atoms with Crippen molar-refractivity contribution in [3.63, 3.8) is 0 Å². The molecule has 2 aromatic heterocycles. The standard InChI is InChI=1S/C15H15N3O2/c1-10-6-12(18-20-10)7-15(19)17-9-11-8-16-14-5-3-2-4-13(11)14/h2-6,8,16H,7,9H2,1H3,(H,17,19). The average Bonchev–Trinajstić information content (AvgIpc) is 3.03. The number of hydrogen-bond donors (Lipinski definition) is 2. The number of aromatic nitrogens is 2. The maximum absolute atomic E-state index is 11.9. The second kappa shape index (κ2) is 5.21. The molecule has 0 saturated carbocycles. The van der Waals surface area contributed by atoms with Crippen molar-refractivity contribution >= 4 is 16.8 Å². The van der Waals surface area contributed by atoms with E-state index < -0.39 is 0 Å². The van der Waals surface area contributed by atoms with E-state index in [2.05, 4.69) is 15.5 Å². The molecule has 2 heterocycles. The van der Waals surface area contributed by atoms with Crippen LogP contribution in [-0.2, 0) is 17.8 Å². The third kappa shape index (κ3) is 2.56. The minimum atomic E-state index is -0.0661. The summed E-state index contributed by atoms with van der Waals surface area (Å²) in [6, 6.07) is 9.78. The van der Waals surface area contributed by atoms with Crippen molar-refractivity contribution in [3.8, 4) is 0 Å². The Balaban J connectivity index is 1.63. The molecule has 1 amide bonds. The van der Waals surface area contributed by atoms with Crippen LogP contribution in [0.15, 0.2) is 41.1 Å². The summed E-state index contributed by atoms with van der Waals surface area (Å²) in [5.74, 6) is 0.646. The van der Waals surface area contributed by atoms with Gasteiger partial charge in [0.25, 0.3) is 0 Å². The maximum atomic E-state index is 11.9. The smallest absolute Gasteiger partial charge is 0.226 e. The molecule has 0 atom stereocenters. The molecule has 3 rings (SSSR count). The van der Waals surface area contributed by atoms with E-state index in [-0.39, 0.29) is 12.3 Å². The Labute approximate surface area is 116 Å². The van der Waals surface area contributed by atoms with Gasteiger partial charge in [-0.2, -0.15) is 0 Å². The molecule has 2 N–H and O–H groups in total. The molecule has 3 aromatic rings. The monoisotopic (exact) mass is 269 g/mol. The lowest BCUT2D eigenvalue weighted by molar-refractivity contribution is -0.120. The van der Waals surface area contributed by atoms with Gasteiger partial charge in [0, 0.05) is 29.7 Å². The first-order chi connectivity index (χ1) is 9.72. The zero-order valence-corrected chi connectivity index (χ0v) is 11.1. The second-order valence-corrected chi connectivity index (χ2v) is 4.74. The SMILES string of the molecule is Cc1cc(CC(=O)NCc2c[nH]c3ccccc23)no1. The largest absolute Gasteiger partial charge is 0.361 e. The van der Waals surface area contributed by atoms with Crippen LogP contribution in [0, 0.1) is 6.92 Å². The molecule has 0 aliphatic rings. The van der Waals surface area contributed by atoms with Gasteiger partial charge in [-0.05, 0) is 18.6 Å². The molecule has 0 spiro atoms. The Morgan fingerprint density at radius 3 is 3.05 bits per heavy atom. The van der Waals surface area contributed by atoms with E-state index in [9.17, 15) is 4.79 Å². The molecule has 0 unspecified atom stereocenters. The lowest BCUT2D eigenvalue weighted by atomic mass is 10.2. The predicted molar refractivity (Wildman–Crippen MR) is 75.1 cm³/mol. The van der Waals surface area contributed by atoms with Gasteiger partial charge in [0.15, 0.2) is 0 Å². The van der Waals surface area contributed by atoms with Crippen LogP contribution >= 0.6 is 0 Å². The van der Waals surface area contributed by atoms with E-state index in [1.165, 1.54) is 0 Å². The first-order valence-electron chi connectivity index (χ1n) is 6.46. The van der Waals surface area contributed by atoms with Crippen LogP contribution in [0.2, 0.25) is 0 Å². The van der Waals surface area contributed by atoms with Gasteiger partial charge >= 0.3 is 0 Å². The van der Waals surface area contributed by atoms with Gasteiger partial charge in [-0.1, -0.05) is 23.4 Å². The van der Waals surface area contributed by atoms with E-state index in [1.807, 2.05) is 30.5 Å². The fourth-order valence-corrected chi connectivity index (χ4v) is 2.20. The van der Waals surface area contributed by atoms with Crippen molar-refractivity contribution in [1.29, 1.82) is 0 Å². The van der Waals surface area contributed by atoms with Crippen LogP contribution < -0.4 is 5.32 Å². The predicted octanol–water partition coefficient (Wildman–Crippen LogP) is 2.32. The number of hydrogen-bond acceptors (Lipinski definition) is 3. The number of benzene rings is 1. The van der Waals surface area contributed by atoms with Gasteiger partial charge in [-0.25, -0.2) is 0 Å². The summed E-state index contributed by atoms with van der Waals surface area (Å²) in [7, 11) is 0. The maximum Gasteiger partial charge on any atom is 0.226 e. The normalized spacial score (nSPS) is 10.8. The molecule has 20 heavy (non-hydrogen) atoms. The quantitative estimate of drug-likeness (QED) is 0.763. The van der Waals surface area contributed by atoms with Crippen LogP contribution in [0.1, 0.15) is 17.0 Å². The Morgan fingerprint density at radius 1 is 1.40 bits per heavy atom. The molecule has 0 saturated heterocycles. The number of carbonyl (C=O) groups is 1. The van der Waals surface area contributed by atoms with E-state index >= 15 is 0 Å². The molecule has 0 aliphatic carbocycles. The highest BCUT2D eigenvalue weighted by molar-refractivity contribution is 5.84. The molecule has 0 radical (unpaired) electrons. The number of nitrogens with zero attached hydrogens (tertiary/aromatic N) is 1. The summed E-state index contributed by atoms with van der Waals surface area (Å²) < 4.78 is 4.94. The summed E-state index contributed by atoms with van der Waals surface area (Å²) in [6.07, 6.45) is 2.16. The Morgan fingerprint density at radius 2 is 2.25 bits per heavy atom. The molecule has 102 valence electrons. The zero-order valence-electron chi connectivity index (χ0n) is 11.1. The van der Waals surface area contributed by atoms with E-state index in [4.69, 9.17) is 4.52 Å². The molecule has 0 bridgehead atoms. The summed E-state index contributed by atoms with van der Waals surface area (Å²) in [4.78, 5) is 15.0. The van der Waals surface area contributed by atoms with Crippen molar-refractivity contribution < 1.29 is 9.32 Å². The van der Waals surface area contributed by atoms with Crippen LogP contribution in [0.25, 0.3) is 10.9 Å². The Bertz CT molecular complexity index is 742. The van der Waals surface area contributed by atoms with Crippen molar-refractivity contribution in [3.05, 3.63) is 53.5 Å². The van der Waals surface area contributed by atoms with Gasteiger partial charge in [-0.3, -0.25) is 4.79 Å². The molecular weight excluding hydrogens is 254 g/mol. The van der Waals surface area contributed by atoms with Crippen LogP contribution in [0.5, 0.6) is 0 Å². The number of aromatic amines is 1. The fraction of sp³-hybridized carbons (Fsp3) is 0.200. The van der Waals surface area contributed by atoms with Gasteiger partial charge < -0.3 is 14.8 Å². The summed E-state index contributed by atoms with van der Waals surface area (Å²) in [6.45, 7) is 2.31. The summed E-state index contributed by atoms with van der Waals surface area (Å²) in [5, 5.41) is 7.83. The molecular formula is C15H15N3O2. The molecule has 0 fully saturated rings. The summed E-state index contributed by atoms with van der Waals surface area (Å²) >= 11 is 0. The highest BCUT2D eigenvalue weighted by Gasteiger charge is 2.09. The molecule has 1 aromatic carbocycles. The topological polar surface area (TPSA) is 70.9 Å². The van der Waals surface area contributed by atoms with Gasteiger partial charge in [0.05, 0.1) is 12.1 Å². The first kappa shape index (κ1) is 12.5. The Hall–Kier alpha value is -2.56. The van der Waals surface area contributed by atoms with Crippen molar-refractivity contribution in [2.75, 3.05) is 0 Å². The fourth-order valence-electron chi connectivity index (χ4n) is 2.20. The minimum Gasteiger partial charge on any atom is -0.361 e. The highest BCUT2D eigenvalue weighted by atomic mass is 16.5. The summed E-state index contributed by atoms with van der Waals surface area (Å²) in [5.41, 5.74) is 2.80. The third-order valence-corrected chi connectivity index (χ3v) is 3.17. The number of fused-ring (bicyclic) bond motifs is 1. The van der Waals surface area contributed by atoms with Crippen LogP contribution in [0.3, 0.4) is 0 Å². The van der Waals surface area contributed by atoms with E-state index in [1.54, 1.807) is 13.0 Å². The molecule has 0 aliphatic heterocycles. The van der Waals surface area contributed by atoms with Gasteiger partial charge in [-0.15, -0.1) is 0 Å². The highest BCUT2D eigenvalue weighted by Crippen LogP contribution is 2.17. The number of carbonyl (C=O) groups excluding carboxylic acids is 1. The zero-order chi connectivity index (χ0) is 13.9. The van der Waals surface area contributed by atoms with Crippen LogP contribution in [-0.4, -0.2) is 16.0 Å². The number of amides is 1. The van der Waals surface area contributed by atoms with Crippen molar-refractivity contribution in [2.24, 2.45) is 0 Å². The number of aryl methyl sites for hydroxylation is 1. The number of para-hydroxylation sites is 1. The number of H-pyrrole nitrogens is 1. The minimum absolute atomic E-state index is 0.0661. The van der Waals surface area contributed by atoms with E-state index in [0.29, 0.717) is 18.0 Å². The second-order valence-electron chi connectivity index (χ2n) is 4.74. The third-order valence-electron chi connectivity index (χ3n) is 3.17. The molecule has 5 heteroatoms. The average molecular weight is 269 g/mol. The van der Waals surface area contributed by atoms with Gasteiger partial charge in [0.2, 0.25) is 5.91 Å². The first-order valence-corrected chi connectivity index (χ1v) is 6.46. The van der Waals surface area contributed by atoms with Crippen LogP contribution in [0.4, 0.5) is 0 Å². The van der Waals surface area contributed by atoms with Gasteiger partial charge in [0.1, 0.15) is 5.76 Å². The number of rotatable bonds is 4. The lowest BCUT2D eigenvalue weighted by Gasteiger charge is -2.02. The lowest BCUT2D eigenvalue weighted by Crippen LogP contribution is -2.24. The van der Waals surface area contributed by atoms with Crippen molar-refractivity contribution in [2.45, 2.75) is 19.9 Å². The van der Waals surface area contributed by atoms with Crippen molar-refractivity contribution in [1.82, 2.24) is 15.5 Å². The van der Waals surface area contributed by atoms with E-state index in [0.717, 1.165) is 16.5 Å². The number of nitrogens with one attached hydrogen (secondary N) is 2.